The fourth-order valence-corrected chi connectivity index (χ4v) is 5.23. The van der Waals surface area contributed by atoms with E-state index >= 15 is 4.39 Å². The predicted octanol–water partition coefficient (Wildman–Crippen LogP) is 5.08. The molecule has 4 rings (SSSR count). The molecule has 0 amide bonds. The Morgan fingerprint density at radius 3 is 2.42 bits per heavy atom. The van der Waals surface area contributed by atoms with Gasteiger partial charge in [0.1, 0.15) is 23.1 Å². The molecule has 1 fully saturated rings. The maximum atomic E-state index is 15.4. The van der Waals surface area contributed by atoms with Crippen molar-refractivity contribution < 1.29 is 32.5 Å². The van der Waals surface area contributed by atoms with Gasteiger partial charge in [0, 0.05) is 37.2 Å². The lowest BCUT2D eigenvalue weighted by Crippen LogP contribution is -2.59. The number of halogens is 3. The highest BCUT2D eigenvalue weighted by Gasteiger charge is 2.49. The Kier molecular flexibility index (Phi) is 8.22. The molecule has 0 spiro atoms. The van der Waals surface area contributed by atoms with Gasteiger partial charge in [0.15, 0.2) is 11.5 Å². The number of hydrogen-bond acceptors (Lipinski definition) is 8. The summed E-state index contributed by atoms with van der Waals surface area (Å²) in [6, 6.07) is 6.52. The molecule has 1 aromatic heterocycles. The molecule has 1 aliphatic rings. The summed E-state index contributed by atoms with van der Waals surface area (Å²) in [5.41, 5.74) is -2.89. The SMILES string of the molecule is COCC1(COc2cc3c(N[C@H](C)c4cccc(C(F)(F)C(C)(C)O)c4F)nc(C)nc3cc2OC)CN(C)C1. The van der Waals surface area contributed by atoms with E-state index < -0.39 is 28.9 Å². The largest absolute Gasteiger partial charge is 0.493 e. The molecule has 0 unspecified atom stereocenters. The Morgan fingerprint density at radius 2 is 1.82 bits per heavy atom. The van der Waals surface area contributed by atoms with E-state index in [4.69, 9.17) is 14.2 Å². The van der Waals surface area contributed by atoms with E-state index in [0.29, 0.717) is 47.3 Å². The lowest BCUT2D eigenvalue weighted by molar-refractivity contribution is -0.170. The molecule has 0 radical (unpaired) electrons. The summed E-state index contributed by atoms with van der Waals surface area (Å²) < 4.78 is 62.4. The highest BCUT2D eigenvalue weighted by molar-refractivity contribution is 5.92. The molecule has 0 saturated carbocycles. The van der Waals surface area contributed by atoms with Crippen molar-refractivity contribution in [1.82, 2.24) is 14.9 Å². The quantitative estimate of drug-likeness (QED) is 0.335. The van der Waals surface area contributed by atoms with E-state index in [0.717, 1.165) is 33.0 Å². The first kappa shape index (κ1) is 29.8. The van der Waals surface area contributed by atoms with Crippen LogP contribution in [0, 0.1) is 18.2 Å². The number of anilines is 1. The zero-order valence-corrected chi connectivity index (χ0v) is 23.9. The van der Waals surface area contributed by atoms with Crippen LogP contribution < -0.4 is 14.8 Å². The molecule has 1 atom stereocenters. The van der Waals surface area contributed by atoms with Gasteiger partial charge in [-0.25, -0.2) is 14.4 Å². The summed E-state index contributed by atoms with van der Waals surface area (Å²) in [5.74, 6) is -3.07. The number of nitrogens with one attached hydrogen (secondary N) is 1. The molecule has 2 heterocycles. The molecular formula is C29H37F3N4O4. The van der Waals surface area contributed by atoms with Crippen LogP contribution in [0.3, 0.4) is 0 Å². The van der Waals surface area contributed by atoms with E-state index in [1.54, 1.807) is 40.2 Å². The minimum absolute atomic E-state index is 0.00596. The van der Waals surface area contributed by atoms with Gasteiger partial charge in [-0.3, -0.25) is 0 Å². The number of aliphatic hydroxyl groups is 1. The molecule has 3 aromatic rings. The van der Waals surface area contributed by atoms with Crippen molar-refractivity contribution in [2.24, 2.45) is 5.41 Å². The van der Waals surface area contributed by atoms with Crippen molar-refractivity contribution in [1.29, 1.82) is 0 Å². The van der Waals surface area contributed by atoms with E-state index in [1.165, 1.54) is 12.1 Å². The molecule has 0 aliphatic carbocycles. The number of nitrogens with zero attached hydrogens (tertiary/aromatic N) is 3. The van der Waals surface area contributed by atoms with Crippen LogP contribution in [0.4, 0.5) is 19.0 Å². The first-order valence-electron chi connectivity index (χ1n) is 13.0. The molecule has 8 nitrogen and oxygen atoms in total. The molecule has 1 saturated heterocycles. The zero-order chi connectivity index (χ0) is 29.5. The van der Waals surface area contributed by atoms with E-state index in [-0.39, 0.29) is 11.0 Å². The van der Waals surface area contributed by atoms with Gasteiger partial charge in [-0.1, -0.05) is 12.1 Å². The van der Waals surface area contributed by atoms with Crippen molar-refractivity contribution >= 4 is 16.7 Å². The van der Waals surface area contributed by atoms with Crippen molar-refractivity contribution in [3.63, 3.8) is 0 Å². The van der Waals surface area contributed by atoms with E-state index in [9.17, 15) is 13.9 Å². The number of methoxy groups -OCH3 is 2. The van der Waals surface area contributed by atoms with Gasteiger partial charge in [-0.15, -0.1) is 0 Å². The minimum atomic E-state index is -3.80. The average molecular weight is 563 g/mol. The second-order valence-corrected chi connectivity index (χ2v) is 11.2. The number of ether oxygens (including phenoxy) is 3. The van der Waals surface area contributed by atoms with Gasteiger partial charge in [0.05, 0.1) is 42.9 Å². The van der Waals surface area contributed by atoms with Gasteiger partial charge >= 0.3 is 5.92 Å². The summed E-state index contributed by atoms with van der Waals surface area (Å²) in [6.07, 6.45) is 0. The number of rotatable bonds is 11. The third-order valence-corrected chi connectivity index (χ3v) is 7.24. The lowest BCUT2D eigenvalue weighted by atomic mass is 9.82. The summed E-state index contributed by atoms with van der Waals surface area (Å²) in [7, 11) is 5.25. The monoisotopic (exact) mass is 562 g/mol. The van der Waals surface area contributed by atoms with Crippen LogP contribution in [0.25, 0.3) is 10.9 Å². The third-order valence-electron chi connectivity index (χ3n) is 7.24. The van der Waals surface area contributed by atoms with E-state index in [2.05, 4.69) is 20.2 Å². The summed E-state index contributed by atoms with van der Waals surface area (Å²) >= 11 is 0. The van der Waals surface area contributed by atoms with Crippen molar-refractivity contribution in [2.45, 2.75) is 45.3 Å². The Morgan fingerprint density at radius 1 is 1.12 bits per heavy atom. The lowest BCUT2D eigenvalue weighted by Gasteiger charge is -2.47. The second kappa shape index (κ2) is 11.0. The maximum Gasteiger partial charge on any atom is 0.303 e. The summed E-state index contributed by atoms with van der Waals surface area (Å²) in [6.45, 7) is 7.90. The summed E-state index contributed by atoms with van der Waals surface area (Å²) in [5, 5.41) is 13.7. The number of benzene rings is 2. The fourth-order valence-electron chi connectivity index (χ4n) is 5.23. The number of alkyl halides is 2. The number of likely N-dealkylation sites (tertiary alicyclic amines) is 1. The van der Waals surface area contributed by atoms with Crippen LogP contribution in [0.15, 0.2) is 30.3 Å². The van der Waals surface area contributed by atoms with Crippen molar-refractivity contribution in [3.05, 3.63) is 53.1 Å². The van der Waals surface area contributed by atoms with Crippen LogP contribution in [0.2, 0.25) is 0 Å². The molecule has 1 aliphatic heterocycles. The maximum absolute atomic E-state index is 15.4. The standard InChI is InChI=1S/C29H37F3N4O4/c1-17(19-9-8-10-21(25(19)30)29(31,32)27(3,4)37)33-26-20-11-24(23(39-7)12-22(20)34-18(2)35-26)40-16-28(15-38-6)13-36(5)14-28/h8-12,17,37H,13-16H2,1-7H3,(H,33,34,35)/t17-/m1/s1. The normalized spacial score (nSPS) is 16.5. The third kappa shape index (κ3) is 5.68. The van der Waals surface area contributed by atoms with Gasteiger partial charge in [0.2, 0.25) is 0 Å². The van der Waals surface area contributed by atoms with Crippen LogP contribution in [0.5, 0.6) is 11.5 Å². The number of fused-ring (bicyclic) bond motifs is 1. The van der Waals surface area contributed by atoms with Crippen molar-refractivity contribution in [3.8, 4) is 11.5 Å². The number of aromatic nitrogens is 2. The summed E-state index contributed by atoms with van der Waals surface area (Å²) in [4.78, 5) is 11.2. The molecular weight excluding hydrogens is 525 g/mol. The molecule has 0 bridgehead atoms. The Balaban J connectivity index is 1.68. The Bertz CT molecular complexity index is 1370. The fraction of sp³-hybridized carbons (Fsp3) is 0.517. The molecule has 2 N–H and O–H groups in total. The number of hydrogen-bond donors (Lipinski definition) is 2. The van der Waals surface area contributed by atoms with Gasteiger partial charge < -0.3 is 29.5 Å². The zero-order valence-electron chi connectivity index (χ0n) is 23.9. The molecule has 2 aromatic carbocycles. The Hall–Kier alpha value is -3.15. The average Bonchev–Trinajstić information content (AvgIpc) is 2.85. The van der Waals surface area contributed by atoms with Gasteiger partial charge in [-0.2, -0.15) is 8.78 Å². The first-order chi connectivity index (χ1) is 18.7. The molecule has 40 heavy (non-hydrogen) atoms. The second-order valence-electron chi connectivity index (χ2n) is 11.2. The van der Waals surface area contributed by atoms with Gasteiger partial charge in [-0.05, 0) is 46.9 Å². The smallest absolute Gasteiger partial charge is 0.303 e. The van der Waals surface area contributed by atoms with E-state index in [1.807, 2.05) is 7.05 Å². The molecule has 218 valence electrons. The Labute approximate surface area is 232 Å². The van der Waals surface area contributed by atoms with Crippen molar-refractivity contribution in [2.75, 3.05) is 52.9 Å². The first-order valence-corrected chi connectivity index (χ1v) is 13.0. The van der Waals surface area contributed by atoms with Crippen LogP contribution in [-0.2, 0) is 10.7 Å². The minimum Gasteiger partial charge on any atom is -0.493 e. The van der Waals surface area contributed by atoms with Crippen LogP contribution >= 0.6 is 0 Å². The molecule has 11 heteroatoms. The topological polar surface area (TPSA) is 89.0 Å². The van der Waals surface area contributed by atoms with Crippen LogP contribution in [0.1, 0.15) is 43.8 Å². The number of aryl methyl sites for hydroxylation is 1. The van der Waals surface area contributed by atoms with Gasteiger partial charge in [0.25, 0.3) is 0 Å². The highest BCUT2D eigenvalue weighted by Crippen LogP contribution is 2.42. The highest BCUT2D eigenvalue weighted by atomic mass is 19.3. The predicted molar refractivity (Wildman–Crippen MR) is 147 cm³/mol. The van der Waals surface area contributed by atoms with Crippen LogP contribution in [-0.4, -0.2) is 73.1 Å².